The Hall–Kier alpha value is -1.65. The summed E-state index contributed by atoms with van der Waals surface area (Å²) >= 11 is 0. The Kier molecular flexibility index (Phi) is 5.12. The third kappa shape index (κ3) is 3.43. The molecule has 0 radical (unpaired) electrons. The molecule has 1 aliphatic heterocycles. The van der Waals surface area contributed by atoms with E-state index in [1.807, 2.05) is 20.2 Å². The van der Waals surface area contributed by atoms with Crippen LogP contribution in [0.1, 0.15) is 17.5 Å². The second-order valence-electron chi connectivity index (χ2n) is 4.47. The molecule has 1 aromatic carbocycles. The first kappa shape index (κ1) is 13.8. The molecule has 1 N–H and O–H groups in total. The fourth-order valence-corrected chi connectivity index (χ4v) is 2.18. The molecule has 1 aliphatic rings. The molecule has 0 atom stereocenters. The van der Waals surface area contributed by atoms with Crippen molar-refractivity contribution in [2.75, 3.05) is 20.7 Å². The maximum Gasteiger partial charge on any atom is 0.181 e. The molecular formula is C15H20N2O2. The van der Waals surface area contributed by atoms with Crippen molar-refractivity contribution in [1.29, 1.82) is 0 Å². The van der Waals surface area contributed by atoms with Gasteiger partial charge in [0.1, 0.15) is 0 Å². The number of hydrogen-bond acceptors (Lipinski definition) is 4. The Morgan fingerprint density at radius 1 is 1.26 bits per heavy atom. The van der Waals surface area contributed by atoms with Crippen molar-refractivity contribution >= 4 is 0 Å². The topological polar surface area (TPSA) is 47.3 Å². The number of hydrogen-bond donors (Lipinski definition) is 1. The molecule has 0 bridgehead atoms. The molecule has 4 heteroatoms. The highest BCUT2D eigenvalue weighted by Crippen LogP contribution is 2.29. The Morgan fingerprint density at radius 2 is 2.11 bits per heavy atom. The highest BCUT2D eigenvalue weighted by molar-refractivity contribution is 5.63. The summed E-state index contributed by atoms with van der Waals surface area (Å²) in [6.45, 7) is 1.54. The molecule has 0 amide bonds. The number of benzene rings is 1. The molecule has 0 unspecified atom stereocenters. The lowest BCUT2D eigenvalue weighted by molar-refractivity contribution is 0.125. The maximum atomic E-state index is 5.55. The second kappa shape index (κ2) is 7.07. The average Bonchev–Trinajstić information content (AvgIpc) is 2.84. The van der Waals surface area contributed by atoms with Crippen molar-refractivity contribution in [2.24, 2.45) is 0 Å². The van der Waals surface area contributed by atoms with Gasteiger partial charge >= 0.3 is 0 Å². The zero-order valence-corrected chi connectivity index (χ0v) is 11.5. The molecule has 4 nitrogen and oxygen atoms in total. The predicted molar refractivity (Wildman–Crippen MR) is 74.9 cm³/mol. The van der Waals surface area contributed by atoms with Crippen LogP contribution in [0.15, 0.2) is 35.2 Å². The Morgan fingerprint density at radius 3 is 2.84 bits per heavy atom. The molecule has 102 valence electrons. The molecule has 0 saturated carbocycles. The van der Waals surface area contributed by atoms with Crippen molar-refractivity contribution < 1.29 is 9.15 Å². The number of aromatic nitrogens is 1. The number of rotatable bonds is 1. The van der Waals surface area contributed by atoms with Gasteiger partial charge in [0, 0.05) is 12.2 Å². The fraction of sp³-hybridized carbons (Fsp3) is 0.400. The van der Waals surface area contributed by atoms with Gasteiger partial charge in [0.2, 0.25) is 0 Å². The lowest BCUT2D eigenvalue weighted by Gasteiger charge is -2.09. The first-order valence-electron chi connectivity index (χ1n) is 6.52. The lowest BCUT2D eigenvalue weighted by Crippen LogP contribution is -1.94. The van der Waals surface area contributed by atoms with Gasteiger partial charge in [-0.2, -0.15) is 0 Å². The van der Waals surface area contributed by atoms with E-state index < -0.39 is 0 Å². The van der Waals surface area contributed by atoms with Gasteiger partial charge in [0.25, 0.3) is 0 Å². The third-order valence-electron chi connectivity index (χ3n) is 2.94. The van der Waals surface area contributed by atoms with Crippen LogP contribution in [0.25, 0.3) is 11.3 Å². The van der Waals surface area contributed by atoms with Crippen molar-refractivity contribution in [1.82, 2.24) is 10.3 Å². The summed E-state index contributed by atoms with van der Waals surface area (Å²) in [6.07, 6.45) is 5.35. The van der Waals surface area contributed by atoms with Crippen molar-refractivity contribution in [3.05, 3.63) is 41.9 Å². The van der Waals surface area contributed by atoms with E-state index in [0.29, 0.717) is 6.61 Å². The summed E-state index contributed by atoms with van der Waals surface area (Å²) in [4.78, 5) is 3.97. The normalized spacial score (nSPS) is 14.0. The quantitative estimate of drug-likeness (QED) is 0.856. The summed E-state index contributed by atoms with van der Waals surface area (Å²) < 4.78 is 10.9. The molecule has 0 aliphatic carbocycles. The molecule has 2 heterocycles. The minimum Gasteiger partial charge on any atom is -0.444 e. The number of oxazole rings is 1. The van der Waals surface area contributed by atoms with Gasteiger partial charge in [-0.05, 0) is 38.1 Å². The molecular weight excluding hydrogens is 240 g/mol. The first-order chi connectivity index (χ1) is 9.36. The van der Waals surface area contributed by atoms with Crippen LogP contribution in [-0.4, -0.2) is 25.7 Å². The number of nitrogens with zero attached hydrogens (tertiary/aromatic N) is 1. The van der Waals surface area contributed by atoms with Gasteiger partial charge in [-0.15, -0.1) is 0 Å². The van der Waals surface area contributed by atoms with Gasteiger partial charge < -0.3 is 14.5 Å². The maximum absolute atomic E-state index is 5.55. The molecule has 19 heavy (non-hydrogen) atoms. The van der Waals surface area contributed by atoms with E-state index in [1.165, 1.54) is 17.5 Å². The number of fused-ring (bicyclic) bond motifs is 1. The van der Waals surface area contributed by atoms with Crippen LogP contribution in [0.2, 0.25) is 0 Å². The van der Waals surface area contributed by atoms with Crippen molar-refractivity contribution in [3.8, 4) is 11.3 Å². The highest BCUT2D eigenvalue weighted by atomic mass is 16.5. The zero-order valence-electron chi connectivity index (χ0n) is 11.5. The van der Waals surface area contributed by atoms with Crippen molar-refractivity contribution in [3.63, 3.8) is 0 Å². The van der Waals surface area contributed by atoms with Crippen LogP contribution in [0.3, 0.4) is 0 Å². The predicted octanol–water partition coefficient (Wildman–Crippen LogP) is 2.64. The van der Waals surface area contributed by atoms with Gasteiger partial charge in [0.15, 0.2) is 12.2 Å². The summed E-state index contributed by atoms with van der Waals surface area (Å²) in [6, 6.07) is 6.26. The Labute approximate surface area is 113 Å². The molecule has 0 spiro atoms. The molecule has 1 aromatic heterocycles. The van der Waals surface area contributed by atoms with Crippen LogP contribution in [0.4, 0.5) is 0 Å². The first-order valence-corrected chi connectivity index (χ1v) is 6.52. The molecule has 0 saturated heterocycles. The van der Waals surface area contributed by atoms with Gasteiger partial charge in [0.05, 0.1) is 12.8 Å². The molecule has 0 fully saturated rings. The summed E-state index contributed by atoms with van der Waals surface area (Å²) in [5.41, 5.74) is 3.77. The van der Waals surface area contributed by atoms with E-state index in [9.17, 15) is 0 Å². The van der Waals surface area contributed by atoms with E-state index >= 15 is 0 Å². The van der Waals surface area contributed by atoms with E-state index in [1.54, 1.807) is 6.20 Å². The fourth-order valence-electron chi connectivity index (χ4n) is 2.18. The van der Waals surface area contributed by atoms with Crippen LogP contribution >= 0.6 is 0 Å². The summed E-state index contributed by atoms with van der Waals surface area (Å²) in [5, 5.41) is 2.75. The Bertz CT molecular complexity index is 495. The monoisotopic (exact) mass is 260 g/mol. The van der Waals surface area contributed by atoms with Gasteiger partial charge in [-0.25, -0.2) is 4.98 Å². The zero-order chi connectivity index (χ0) is 13.5. The van der Waals surface area contributed by atoms with E-state index in [-0.39, 0.29) is 0 Å². The number of ether oxygens (including phenoxy) is 1. The Balaban J connectivity index is 0.000000408. The lowest BCUT2D eigenvalue weighted by atomic mass is 9.97. The van der Waals surface area contributed by atoms with Gasteiger partial charge in [-0.3, -0.25) is 0 Å². The molecule has 2 aromatic rings. The smallest absolute Gasteiger partial charge is 0.181 e. The van der Waals surface area contributed by atoms with E-state index in [0.717, 1.165) is 30.8 Å². The third-order valence-corrected chi connectivity index (χ3v) is 2.94. The second-order valence-corrected chi connectivity index (χ2v) is 4.47. The van der Waals surface area contributed by atoms with Gasteiger partial charge in [-0.1, -0.05) is 18.2 Å². The minimum absolute atomic E-state index is 0.706. The minimum atomic E-state index is 0.706. The summed E-state index contributed by atoms with van der Waals surface area (Å²) in [7, 11) is 3.75. The van der Waals surface area contributed by atoms with Crippen LogP contribution in [0, 0.1) is 0 Å². The SMILES string of the molecule is CNC.c1cc2c(c(-c3cnco3)c1)CCCOC2. The van der Waals surface area contributed by atoms with Crippen molar-refractivity contribution in [2.45, 2.75) is 19.4 Å². The standard InChI is InChI=1S/C13H13NO2.C2H7N/c1-3-10-8-15-6-2-5-11(10)12(4-1)13-7-14-9-16-13;1-3-2/h1,3-4,7,9H,2,5-6,8H2;3H,1-2H3. The van der Waals surface area contributed by atoms with E-state index in [4.69, 9.17) is 9.15 Å². The largest absolute Gasteiger partial charge is 0.444 e. The van der Waals surface area contributed by atoms with Crippen LogP contribution in [-0.2, 0) is 17.8 Å². The molecule has 3 rings (SSSR count). The highest BCUT2D eigenvalue weighted by Gasteiger charge is 2.14. The number of nitrogens with one attached hydrogen (secondary N) is 1. The van der Waals surface area contributed by atoms with Crippen LogP contribution in [0.5, 0.6) is 0 Å². The van der Waals surface area contributed by atoms with E-state index in [2.05, 4.69) is 22.4 Å². The summed E-state index contributed by atoms with van der Waals surface area (Å²) in [5.74, 6) is 0.846. The average molecular weight is 260 g/mol. The van der Waals surface area contributed by atoms with Crippen LogP contribution < -0.4 is 5.32 Å².